The van der Waals surface area contributed by atoms with Crippen LogP contribution in [0, 0.1) is 0 Å². The van der Waals surface area contributed by atoms with Gasteiger partial charge in [-0.2, -0.15) is 0 Å². The lowest BCUT2D eigenvalue weighted by atomic mass is 10.0. The van der Waals surface area contributed by atoms with Crippen molar-refractivity contribution in [2.45, 2.75) is 12.2 Å². The Bertz CT molecular complexity index is 620. The summed E-state index contributed by atoms with van der Waals surface area (Å²) in [7, 11) is 0. The van der Waals surface area contributed by atoms with Crippen molar-refractivity contribution in [3.8, 4) is 5.75 Å². The van der Waals surface area contributed by atoms with Crippen molar-refractivity contribution in [2.24, 2.45) is 0 Å². The molecule has 2 atom stereocenters. The van der Waals surface area contributed by atoms with Gasteiger partial charge >= 0.3 is 0 Å². The molecule has 1 aliphatic heterocycles. The molecule has 0 aromatic heterocycles. The summed E-state index contributed by atoms with van der Waals surface area (Å²) < 4.78 is 11.7. The summed E-state index contributed by atoms with van der Waals surface area (Å²) in [6, 6.07) is 17.0. The lowest BCUT2D eigenvalue weighted by Gasteiger charge is -2.31. The number of morpholine rings is 1. The number of halogens is 1. The molecule has 0 radical (unpaired) electrons. The molecule has 4 nitrogen and oxygen atoms in total. The predicted molar refractivity (Wildman–Crippen MR) is 84.0 cm³/mol. The lowest BCUT2D eigenvalue weighted by Crippen LogP contribution is -2.46. The first-order valence-corrected chi connectivity index (χ1v) is 7.45. The second kappa shape index (κ2) is 6.81. The van der Waals surface area contributed by atoms with E-state index >= 15 is 0 Å². The second-order valence-electron chi connectivity index (χ2n) is 5.06. The van der Waals surface area contributed by atoms with Gasteiger partial charge in [-0.3, -0.25) is 4.79 Å². The van der Waals surface area contributed by atoms with Crippen LogP contribution >= 0.6 is 11.6 Å². The molecule has 0 saturated carbocycles. The van der Waals surface area contributed by atoms with Crippen molar-refractivity contribution in [1.82, 2.24) is 5.32 Å². The van der Waals surface area contributed by atoms with Crippen LogP contribution in [0.4, 0.5) is 0 Å². The van der Waals surface area contributed by atoms with Crippen LogP contribution in [-0.4, -0.2) is 25.2 Å². The molecular weight excluding hydrogens is 302 g/mol. The van der Waals surface area contributed by atoms with E-state index in [2.05, 4.69) is 5.32 Å². The van der Waals surface area contributed by atoms with Gasteiger partial charge in [-0.25, -0.2) is 0 Å². The molecule has 114 valence electrons. The fourth-order valence-corrected chi connectivity index (χ4v) is 2.49. The molecule has 3 rings (SSSR count). The Morgan fingerprint density at radius 3 is 2.50 bits per heavy atom. The molecule has 1 aliphatic rings. The van der Waals surface area contributed by atoms with Gasteiger partial charge in [0.2, 0.25) is 5.91 Å². The van der Waals surface area contributed by atoms with Crippen molar-refractivity contribution in [2.75, 3.05) is 13.2 Å². The second-order valence-corrected chi connectivity index (χ2v) is 5.49. The van der Waals surface area contributed by atoms with E-state index in [1.807, 2.05) is 42.5 Å². The fraction of sp³-hybridized carbons (Fsp3) is 0.235. The third kappa shape index (κ3) is 3.59. The first-order valence-electron chi connectivity index (χ1n) is 7.08. The summed E-state index contributed by atoms with van der Waals surface area (Å²) >= 11 is 5.90. The molecule has 2 aromatic rings. The third-order valence-corrected chi connectivity index (χ3v) is 3.72. The number of ether oxygens (including phenoxy) is 2. The minimum Gasteiger partial charge on any atom is -0.483 e. The van der Waals surface area contributed by atoms with E-state index in [0.717, 1.165) is 5.56 Å². The van der Waals surface area contributed by atoms with Crippen LogP contribution in [0.1, 0.15) is 11.7 Å². The first kappa shape index (κ1) is 14.9. The molecule has 1 amide bonds. The van der Waals surface area contributed by atoms with Gasteiger partial charge in [0.05, 0.1) is 0 Å². The minimum atomic E-state index is -0.303. The van der Waals surface area contributed by atoms with E-state index in [4.69, 9.17) is 21.1 Å². The molecule has 1 N–H and O–H groups in total. The Hall–Kier alpha value is -2.04. The zero-order chi connectivity index (χ0) is 15.4. The maximum Gasteiger partial charge on any atom is 0.246 e. The van der Waals surface area contributed by atoms with Gasteiger partial charge in [-0.1, -0.05) is 41.9 Å². The van der Waals surface area contributed by atoms with Crippen molar-refractivity contribution in [3.63, 3.8) is 0 Å². The average Bonchev–Trinajstić information content (AvgIpc) is 2.56. The molecule has 5 heteroatoms. The average molecular weight is 318 g/mol. The standard InChI is InChI=1S/C17H16ClNO3/c18-13-6-8-14(9-7-13)22-17(12-4-2-1-3-5-12)15-10-19-16(20)11-21-15/h1-9,15,17H,10-11H2,(H,19,20)/t15-,17+/m0/s1. The Balaban J connectivity index is 1.82. The summed E-state index contributed by atoms with van der Waals surface area (Å²) in [5.41, 5.74) is 0.999. The van der Waals surface area contributed by atoms with Gasteiger partial charge in [-0.05, 0) is 29.8 Å². The van der Waals surface area contributed by atoms with Crippen LogP contribution in [0.15, 0.2) is 54.6 Å². The predicted octanol–water partition coefficient (Wildman–Crippen LogP) is 2.98. The van der Waals surface area contributed by atoms with E-state index in [1.165, 1.54) is 0 Å². The number of amides is 1. The van der Waals surface area contributed by atoms with E-state index in [-0.39, 0.29) is 24.7 Å². The highest BCUT2D eigenvalue weighted by atomic mass is 35.5. The SMILES string of the molecule is O=C1CO[C@H]([C@H](Oc2ccc(Cl)cc2)c2ccccc2)CN1. The van der Waals surface area contributed by atoms with Gasteiger partial charge in [0, 0.05) is 11.6 Å². The minimum absolute atomic E-state index is 0.0535. The van der Waals surface area contributed by atoms with Gasteiger partial charge in [0.25, 0.3) is 0 Å². The number of carbonyl (C=O) groups excluding carboxylic acids is 1. The fourth-order valence-electron chi connectivity index (χ4n) is 2.36. The molecular formula is C17H16ClNO3. The highest BCUT2D eigenvalue weighted by Gasteiger charge is 2.30. The van der Waals surface area contributed by atoms with Crippen LogP contribution < -0.4 is 10.1 Å². The Morgan fingerprint density at radius 2 is 1.86 bits per heavy atom. The number of carbonyl (C=O) groups is 1. The maximum absolute atomic E-state index is 11.3. The molecule has 0 unspecified atom stereocenters. The van der Waals surface area contributed by atoms with E-state index in [9.17, 15) is 4.79 Å². The van der Waals surface area contributed by atoms with E-state index in [1.54, 1.807) is 12.1 Å². The van der Waals surface area contributed by atoms with Gasteiger partial charge in [0.15, 0.2) is 6.10 Å². The van der Waals surface area contributed by atoms with Crippen molar-refractivity contribution >= 4 is 17.5 Å². The van der Waals surface area contributed by atoms with E-state index < -0.39 is 0 Å². The molecule has 0 bridgehead atoms. The number of hydrogen-bond donors (Lipinski definition) is 1. The molecule has 22 heavy (non-hydrogen) atoms. The van der Waals surface area contributed by atoms with Crippen molar-refractivity contribution in [1.29, 1.82) is 0 Å². The molecule has 1 fully saturated rings. The lowest BCUT2D eigenvalue weighted by molar-refractivity contribution is -0.137. The smallest absolute Gasteiger partial charge is 0.246 e. The number of nitrogens with one attached hydrogen (secondary N) is 1. The summed E-state index contributed by atoms with van der Waals surface area (Å²) in [4.78, 5) is 11.3. The number of benzene rings is 2. The zero-order valence-electron chi connectivity index (χ0n) is 11.9. The number of rotatable bonds is 4. The van der Waals surface area contributed by atoms with Gasteiger partial charge in [-0.15, -0.1) is 0 Å². The van der Waals surface area contributed by atoms with E-state index in [0.29, 0.717) is 17.3 Å². The molecule has 0 aliphatic carbocycles. The van der Waals surface area contributed by atoms with Gasteiger partial charge < -0.3 is 14.8 Å². The molecule has 2 aromatic carbocycles. The van der Waals surface area contributed by atoms with Crippen LogP contribution in [0.3, 0.4) is 0 Å². The highest BCUT2D eigenvalue weighted by molar-refractivity contribution is 6.30. The normalized spacial score (nSPS) is 19.3. The summed E-state index contributed by atoms with van der Waals surface area (Å²) in [5, 5.41) is 3.47. The summed E-state index contributed by atoms with van der Waals surface area (Å²) in [6.07, 6.45) is -0.543. The Kier molecular flexibility index (Phi) is 4.61. The summed E-state index contributed by atoms with van der Waals surface area (Å²) in [5.74, 6) is 0.605. The topological polar surface area (TPSA) is 47.6 Å². The first-order chi connectivity index (χ1) is 10.7. The molecule has 1 heterocycles. The Morgan fingerprint density at radius 1 is 1.14 bits per heavy atom. The quantitative estimate of drug-likeness (QED) is 0.943. The zero-order valence-corrected chi connectivity index (χ0v) is 12.6. The summed E-state index contributed by atoms with van der Waals surface area (Å²) in [6.45, 7) is 0.476. The van der Waals surface area contributed by atoms with Crippen molar-refractivity contribution < 1.29 is 14.3 Å². The third-order valence-electron chi connectivity index (χ3n) is 3.47. The monoisotopic (exact) mass is 317 g/mol. The van der Waals surface area contributed by atoms with Crippen molar-refractivity contribution in [3.05, 3.63) is 65.2 Å². The molecule has 0 spiro atoms. The highest BCUT2D eigenvalue weighted by Crippen LogP contribution is 2.28. The Labute approximate surface area is 134 Å². The number of hydrogen-bond acceptors (Lipinski definition) is 3. The van der Waals surface area contributed by atoms with Crippen LogP contribution in [0.5, 0.6) is 5.75 Å². The maximum atomic E-state index is 11.3. The largest absolute Gasteiger partial charge is 0.483 e. The van der Waals surface area contributed by atoms with Crippen LogP contribution in [0.2, 0.25) is 5.02 Å². The van der Waals surface area contributed by atoms with Gasteiger partial charge in [0.1, 0.15) is 18.5 Å². The molecule has 1 saturated heterocycles. The van der Waals surface area contributed by atoms with Crippen LogP contribution in [0.25, 0.3) is 0 Å². The van der Waals surface area contributed by atoms with Crippen LogP contribution in [-0.2, 0) is 9.53 Å².